The molecule has 0 bridgehead atoms. The van der Waals surface area contributed by atoms with Crippen molar-refractivity contribution < 1.29 is 17.9 Å². The SMILES string of the molecule is Cc1ccn2c(=O)cc(COC(=O)c3cccc(S(=O)(=O)N4c5ccccc5C[C@@H]4C)c3)nc2c1. The van der Waals surface area contributed by atoms with Gasteiger partial charge in [0.2, 0.25) is 0 Å². The molecular formula is C26H23N3O5S. The van der Waals surface area contributed by atoms with Crippen LogP contribution in [0.3, 0.4) is 0 Å². The molecule has 1 aliphatic heterocycles. The van der Waals surface area contributed by atoms with Gasteiger partial charge in [-0.1, -0.05) is 24.3 Å². The predicted octanol–water partition coefficient (Wildman–Crippen LogP) is 3.50. The highest BCUT2D eigenvalue weighted by molar-refractivity contribution is 7.92. The van der Waals surface area contributed by atoms with E-state index in [-0.39, 0.29) is 28.7 Å². The molecule has 2 aromatic heterocycles. The minimum Gasteiger partial charge on any atom is -0.456 e. The van der Waals surface area contributed by atoms with Crippen LogP contribution in [0.1, 0.15) is 34.1 Å². The number of hydrogen-bond acceptors (Lipinski definition) is 6. The van der Waals surface area contributed by atoms with Crippen molar-refractivity contribution in [3.63, 3.8) is 0 Å². The number of anilines is 1. The van der Waals surface area contributed by atoms with Crippen LogP contribution in [0.15, 0.2) is 82.6 Å². The molecule has 5 rings (SSSR count). The van der Waals surface area contributed by atoms with Crippen LogP contribution in [0.5, 0.6) is 0 Å². The molecule has 0 saturated carbocycles. The number of esters is 1. The summed E-state index contributed by atoms with van der Waals surface area (Å²) in [6.07, 6.45) is 2.26. The number of benzene rings is 2. The summed E-state index contributed by atoms with van der Waals surface area (Å²) in [7, 11) is -3.89. The first-order valence-corrected chi connectivity index (χ1v) is 12.6. The lowest BCUT2D eigenvalue weighted by Gasteiger charge is -2.24. The van der Waals surface area contributed by atoms with Gasteiger partial charge >= 0.3 is 5.97 Å². The molecule has 1 atom stereocenters. The molecule has 0 fully saturated rings. The molecular weight excluding hydrogens is 466 g/mol. The molecule has 3 heterocycles. The lowest BCUT2D eigenvalue weighted by molar-refractivity contribution is 0.0467. The van der Waals surface area contributed by atoms with E-state index in [0.29, 0.717) is 23.4 Å². The second kappa shape index (κ2) is 8.66. The Balaban J connectivity index is 1.38. The standard InChI is InChI=1S/C26H23N3O5S/c1-17-10-11-28-24(12-17)27-21(15-25(28)30)16-34-26(31)20-7-5-8-22(14-20)35(32,33)29-18(2)13-19-6-3-4-9-23(19)29/h3-12,14-15,18H,13,16H2,1-2H3/t18-/m0/s1. The summed E-state index contributed by atoms with van der Waals surface area (Å²) in [5.74, 6) is -0.705. The first-order valence-electron chi connectivity index (χ1n) is 11.1. The van der Waals surface area contributed by atoms with Crippen molar-refractivity contribution in [2.75, 3.05) is 4.31 Å². The van der Waals surface area contributed by atoms with Gasteiger partial charge < -0.3 is 4.74 Å². The molecule has 0 saturated heterocycles. The quantitative estimate of drug-likeness (QED) is 0.398. The second-order valence-corrected chi connectivity index (χ2v) is 10.4. The average Bonchev–Trinajstić information content (AvgIpc) is 3.18. The Morgan fingerprint density at radius 2 is 1.89 bits per heavy atom. The zero-order chi connectivity index (χ0) is 24.7. The Labute approximate surface area is 202 Å². The van der Waals surface area contributed by atoms with Crippen molar-refractivity contribution in [3.8, 4) is 0 Å². The molecule has 0 amide bonds. The fourth-order valence-electron chi connectivity index (χ4n) is 4.35. The Morgan fingerprint density at radius 3 is 2.71 bits per heavy atom. The fraction of sp³-hybridized carbons (Fsp3) is 0.192. The van der Waals surface area contributed by atoms with E-state index in [9.17, 15) is 18.0 Å². The summed E-state index contributed by atoms with van der Waals surface area (Å²) < 4.78 is 35.1. The number of nitrogens with zero attached hydrogens (tertiary/aromatic N) is 3. The number of aromatic nitrogens is 2. The van der Waals surface area contributed by atoms with Gasteiger partial charge in [0, 0.05) is 18.3 Å². The van der Waals surface area contributed by atoms with Crippen LogP contribution < -0.4 is 9.86 Å². The van der Waals surface area contributed by atoms with E-state index in [0.717, 1.165) is 11.1 Å². The number of ether oxygens (including phenoxy) is 1. The first-order chi connectivity index (χ1) is 16.7. The fourth-order valence-corrected chi connectivity index (χ4v) is 6.09. The van der Waals surface area contributed by atoms with E-state index >= 15 is 0 Å². The zero-order valence-electron chi connectivity index (χ0n) is 19.2. The normalized spacial score (nSPS) is 15.3. The van der Waals surface area contributed by atoms with Crippen LogP contribution >= 0.6 is 0 Å². The highest BCUT2D eigenvalue weighted by Gasteiger charge is 2.36. The van der Waals surface area contributed by atoms with Gasteiger partial charge in [-0.15, -0.1) is 0 Å². The highest BCUT2D eigenvalue weighted by Crippen LogP contribution is 2.36. The molecule has 4 aromatic rings. The number of hydrogen-bond donors (Lipinski definition) is 0. The molecule has 0 spiro atoms. The van der Waals surface area contributed by atoms with Crippen LogP contribution in [0, 0.1) is 6.92 Å². The maximum Gasteiger partial charge on any atom is 0.338 e. The maximum absolute atomic E-state index is 13.5. The van der Waals surface area contributed by atoms with Crippen LogP contribution in [0.2, 0.25) is 0 Å². The number of carbonyl (C=O) groups is 1. The van der Waals surface area contributed by atoms with Crippen molar-refractivity contribution in [3.05, 3.63) is 106 Å². The molecule has 0 unspecified atom stereocenters. The van der Waals surface area contributed by atoms with Gasteiger partial charge in [-0.3, -0.25) is 13.5 Å². The Bertz CT molecular complexity index is 1630. The van der Waals surface area contributed by atoms with Crippen molar-refractivity contribution in [2.24, 2.45) is 0 Å². The van der Waals surface area contributed by atoms with Gasteiger partial charge in [-0.25, -0.2) is 18.2 Å². The van der Waals surface area contributed by atoms with Crippen LogP contribution in [0.25, 0.3) is 5.65 Å². The lowest BCUT2D eigenvalue weighted by Crippen LogP contribution is -2.35. The first kappa shape index (κ1) is 22.8. The van der Waals surface area contributed by atoms with Crippen LogP contribution in [0.4, 0.5) is 5.69 Å². The Hall–Kier alpha value is -3.98. The van der Waals surface area contributed by atoms with Crippen molar-refractivity contribution in [2.45, 2.75) is 37.8 Å². The van der Waals surface area contributed by atoms with Gasteiger partial charge in [0.1, 0.15) is 12.3 Å². The maximum atomic E-state index is 13.5. The highest BCUT2D eigenvalue weighted by atomic mass is 32.2. The summed E-state index contributed by atoms with van der Waals surface area (Å²) in [6, 6.07) is 17.8. The summed E-state index contributed by atoms with van der Waals surface area (Å²) in [5.41, 5.74) is 3.13. The summed E-state index contributed by atoms with van der Waals surface area (Å²) in [4.78, 5) is 29.5. The lowest BCUT2D eigenvalue weighted by atomic mass is 10.1. The third-order valence-electron chi connectivity index (χ3n) is 6.00. The van der Waals surface area contributed by atoms with Gasteiger partial charge in [-0.05, 0) is 67.8 Å². The number of aryl methyl sites for hydroxylation is 1. The molecule has 9 heteroatoms. The summed E-state index contributed by atoms with van der Waals surface area (Å²) >= 11 is 0. The second-order valence-electron chi connectivity index (χ2n) is 8.60. The van der Waals surface area contributed by atoms with E-state index < -0.39 is 16.0 Å². The van der Waals surface area contributed by atoms with Crippen molar-refractivity contribution >= 4 is 27.3 Å². The minimum absolute atomic E-state index is 0.00746. The largest absolute Gasteiger partial charge is 0.456 e. The van der Waals surface area contributed by atoms with E-state index in [2.05, 4.69) is 4.98 Å². The topological polar surface area (TPSA) is 98.0 Å². The molecule has 0 radical (unpaired) electrons. The smallest absolute Gasteiger partial charge is 0.338 e. The molecule has 0 aliphatic carbocycles. The van der Waals surface area contributed by atoms with Crippen molar-refractivity contribution in [1.82, 2.24) is 9.38 Å². The Kier molecular flexibility index (Phi) is 5.64. The number of para-hydroxylation sites is 1. The van der Waals surface area contributed by atoms with Gasteiger partial charge in [0.05, 0.1) is 21.8 Å². The number of fused-ring (bicyclic) bond motifs is 2. The summed E-state index contributed by atoms with van der Waals surface area (Å²) in [5, 5.41) is 0. The molecule has 0 N–H and O–H groups in total. The van der Waals surface area contributed by atoms with Gasteiger partial charge in [-0.2, -0.15) is 0 Å². The van der Waals surface area contributed by atoms with E-state index in [1.807, 2.05) is 26.0 Å². The third kappa shape index (κ3) is 4.19. The molecule has 2 aromatic carbocycles. The zero-order valence-corrected chi connectivity index (χ0v) is 20.0. The number of carbonyl (C=O) groups excluding carboxylic acids is 1. The summed E-state index contributed by atoms with van der Waals surface area (Å²) in [6.45, 7) is 3.53. The average molecular weight is 490 g/mol. The van der Waals surface area contributed by atoms with E-state index in [1.54, 1.807) is 30.5 Å². The van der Waals surface area contributed by atoms with Gasteiger partial charge in [0.25, 0.3) is 15.6 Å². The number of pyridine rings is 1. The number of rotatable bonds is 5. The number of sulfonamides is 1. The van der Waals surface area contributed by atoms with E-state index in [4.69, 9.17) is 4.74 Å². The van der Waals surface area contributed by atoms with Crippen molar-refractivity contribution in [1.29, 1.82) is 0 Å². The van der Waals surface area contributed by atoms with Crippen LogP contribution in [-0.2, 0) is 27.8 Å². The third-order valence-corrected chi connectivity index (χ3v) is 7.92. The predicted molar refractivity (Wildman–Crippen MR) is 131 cm³/mol. The molecule has 178 valence electrons. The van der Waals surface area contributed by atoms with Gasteiger partial charge in [0.15, 0.2) is 0 Å². The Morgan fingerprint density at radius 1 is 1.09 bits per heavy atom. The molecule has 1 aliphatic rings. The minimum atomic E-state index is -3.89. The van der Waals surface area contributed by atoms with Crippen LogP contribution in [-0.4, -0.2) is 29.8 Å². The molecule has 35 heavy (non-hydrogen) atoms. The molecule has 8 nitrogen and oxygen atoms in total. The monoisotopic (exact) mass is 489 g/mol. The van der Waals surface area contributed by atoms with E-state index in [1.165, 1.54) is 39.0 Å².